The average molecular weight is 402 g/mol. The summed E-state index contributed by atoms with van der Waals surface area (Å²) in [7, 11) is 0. The second-order valence-electron chi connectivity index (χ2n) is 8.49. The zero-order chi connectivity index (χ0) is 21.2. The van der Waals surface area contributed by atoms with Gasteiger partial charge < -0.3 is 0 Å². The van der Waals surface area contributed by atoms with Crippen LogP contribution in [0, 0.1) is 12.3 Å². The van der Waals surface area contributed by atoms with E-state index in [4.69, 9.17) is 6.42 Å². The molecule has 0 aromatic heterocycles. The monoisotopic (exact) mass is 402 g/mol. The third kappa shape index (κ3) is 2.23. The Morgan fingerprint density at radius 1 is 0.406 bits per heavy atom. The highest BCUT2D eigenvalue weighted by molar-refractivity contribution is 6.35. The van der Waals surface area contributed by atoms with E-state index in [0.29, 0.717) is 0 Å². The lowest BCUT2D eigenvalue weighted by molar-refractivity contribution is 1.76. The Bertz CT molecular complexity index is 1930. The van der Waals surface area contributed by atoms with E-state index in [9.17, 15) is 0 Å². The molecule has 0 heteroatoms. The van der Waals surface area contributed by atoms with E-state index in [2.05, 4.69) is 109 Å². The molecule has 0 N–H and O–H groups in total. The molecule has 0 spiro atoms. The summed E-state index contributed by atoms with van der Waals surface area (Å²) in [6, 6.07) is 37.2. The van der Waals surface area contributed by atoms with Crippen molar-refractivity contribution in [3.8, 4) is 12.3 Å². The minimum absolute atomic E-state index is 0.946. The molecule has 0 fully saturated rings. The molecule has 0 aliphatic heterocycles. The number of terminal acetylenes is 1. The van der Waals surface area contributed by atoms with Crippen LogP contribution in [0.25, 0.3) is 64.6 Å². The van der Waals surface area contributed by atoms with Gasteiger partial charge in [-0.25, -0.2) is 0 Å². The molecule has 0 heterocycles. The van der Waals surface area contributed by atoms with Crippen molar-refractivity contribution in [1.82, 2.24) is 0 Å². The molecule has 0 radical (unpaired) electrons. The van der Waals surface area contributed by atoms with Crippen molar-refractivity contribution >= 4 is 64.6 Å². The van der Waals surface area contributed by atoms with Crippen molar-refractivity contribution in [3.63, 3.8) is 0 Å². The molecule has 0 unspecified atom stereocenters. The lowest BCUT2D eigenvalue weighted by Crippen LogP contribution is -1.89. The first-order chi connectivity index (χ1) is 15.8. The van der Waals surface area contributed by atoms with Gasteiger partial charge in [0.25, 0.3) is 0 Å². The van der Waals surface area contributed by atoms with E-state index in [0.717, 1.165) is 10.9 Å². The van der Waals surface area contributed by atoms with Crippen LogP contribution in [0.2, 0.25) is 0 Å². The molecule has 0 bridgehead atoms. The van der Waals surface area contributed by atoms with Gasteiger partial charge in [0, 0.05) is 5.56 Å². The van der Waals surface area contributed by atoms with E-state index in [1.54, 1.807) is 0 Å². The molecule has 0 amide bonds. The van der Waals surface area contributed by atoms with Gasteiger partial charge in [0.15, 0.2) is 0 Å². The van der Waals surface area contributed by atoms with Crippen LogP contribution in [0.5, 0.6) is 0 Å². The third-order valence-corrected chi connectivity index (χ3v) is 6.85. The van der Waals surface area contributed by atoms with Crippen molar-refractivity contribution in [2.24, 2.45) is 0 Å². The summed E-state index contributed by atoms with van der Waals surface area (Å²) in [5, 5.41) is 15.0. The first-order valence-electron chi connectivity index (χ1n) is 10.9. The Hall–Kier alpha value is -4.34. The summed E-state index contributed by atoms with van der Waals surface area (Å²) in [5.74, 6) is 2.96. The van der Waals surface area contributed by atoms with E-state index in [1.807, 2.05) is 0 Å². The van der Waals surface area contributed by atoms with Gasteiger partial charge in [-0.3, -0.25) is 0 Å². The van der Waals surface area contributed by atoms with Crippen LogP contribution in [0.15, 0.2) is 103 Å². The molecule has 32 heavy (non-hydrogen) atoms. The summed E-state index contributed by atoms with van der Waals surface area (Å²) in [5.41, 5.74) is 0.946. The van der Waals surface area contributed by atoms with Gasteiger partial charge in [-0.05, 0) is 70.7 Å². The van der Waals surface area contributed by atoms with E-state index < -0.39 is 0 Å². The largest absolute Gasteiger partial charge is 0.115 e. The first kappa shape index (κ1) is 17.4. The Morgan fingerprint density at radius 2 is 0.906 bits per heavy atom. The maximum Gasteiger partial charge on any atom is 0.0327 e. The molecule has 7 rings (SSSR count). The normalized spacial score (nSPS) is 11.7. The molecule has 7 aromatic carbocycles. The fourth-order valence-electron chi connectivity index (χ4n) is 5.44. The van der Waals surface area contributed by atoms with Gasteiger partial charge in [-0.15, -0.1) is 6.42 Å². The number of fused-ring (bicyclic) bond motifs is 11. The van der Waals surface area contributed by atoms with Crippen molar-refractivity contribution in [2.45, 2.75) is 0 Å². The van der Waals surface area contributed by atoms with Crippen LogP contribution in [0.4, 0.5) is 0 Å². The summed E-state index contributed by atoms with van der Waals surface area (Å²) >= 11 is 0. The van der Waals surface area contributed by atoms with Crippen LogP contribution in [0.1, 0.15) is 5.56 Å². The molecule has 146 valence electrons. The Labute approximate surface area is 185 Å². The molecule has 0 aliphatic carbocycles. The van der Waals surface area contributed by atoms with Crippen LogP contribution >= 0.6 is 0 Å². The first-order valence-corrected chi connectivity index (χ1v) is 10.9. The molecular weight excluding hydrogens is 384 g/mol. The number of benzene rings is 7. The molecule has 0 aliphatic rings. The van der Waals surface area contributed by atoms with Crippen molar-refractivity contribution in [2.75, 3.05) is 0 Å². The third-order valence-electron chi connectivity index (χ3n) is 6.85. The van der Waals surface area contributed by atoms with E-state index in [-0.39, 0.29) is 0 Å². The van der Waals surface area contributed by atoms with Crippen LogP contribution in [0.3, 0.4) is 0 Å². The maximum atomic E-state index is 6.02. The SMILES string of the molecule is C#Cc1cc2ccc3ccc4ccccc4c3c2c2c1ccc1ccc3ccccc3c12. The number of hydrogen-bond acceptors (Lipinski definition) is 0. The average Bonchev–Trinajstić information content (AvgIpc) is 2.86. The Kier molecular flexibility index (Phi) is 3.43. The molecule has 0 nitrogen and oxygen atoms in total. The Morgan fingerprint density at radius 3 is 1.53 bits per heavy atom. The van der Waals surface area contributed by atoms with Crippen LogP contribution < -0.4 is 0 Å². The predicted molar refractivity (Wildman–Crippen MR) is 139 cm³/mol. The summed E-state index contributed by atoms with van der Waals surface area (Å²) in [6.07, 6.45) is 6.02. The van der Waals surface area contributed by atoms with Gasteiger partial charge in [0.1, 0.15) is 0 Å². The molecule has 0 saturated carbocycles. The quantitative estimate of drug-likeness (QED) is 0.176. The highest BCUT2D eigenvalue weighted by Gasteiger charge is 2.15. The van der Waals surface area contributed by atoms with Gasteiger partial charge in [0.05, 0.1) is 0 Å². The lowest BCUT2D eigenvalue weighted by atomic mass is 9.87. The predicted octanol–water partition coefficient (Wildman–Crippen LogP) is 8.59. The number of rotatable bonds is 0. The zero-order valence-corrected chi connectivity index (χ0v) is 17.4. The molecule has 7 aromatic rings. The zero-order valence-electron chi connectivity index (χ0n) is 17.4. The maximum absolute atomic E-state index is 6.02. The fourth-order valence-corrected chi connectivity index (χ4v) is 5.44. The van der Waals surface area contributed by atoms with Crippen molar-refractivity contribution in [1.29, 1.82) is 0 Å². The lowest BCUT2D eigenvalue weighted by Gasteiger charge is -2.15. The van der Waals surface area contributed by atoms with E-state index >= 15 is 0 Å². The second-order valence-corrected chi connectivity index (χ2v) is 8.49. The van der Waals surface area contributed by atoms with Gasteiger partial charge in [-0.1, -0.05) is 103 Å². The molecule has 0 atom stereocenters. The summed E-state index contributed by atoms with van der Waals surface area (Å²) in [6.45, 7) is 0. The minimum atomic E-state index is 0.946. The van der Waals surface area contributed by atoms with Crippen molar-refractivity contribution in [3.05, 3.63) is 109 Å². The molecular formula is C32H18. The minimum Gasteiger partial charge on any atom is -0.115 e. The summed E-state index contributed by atoms with van der Waals surface area (Å²) < 4.78 is 0. The van der Waals surface area contributed by atoms with Gasteiger partial charge >= 0.3 is 0 Å². The topological polar surface area (TPSA) is 0 Å². The number of hydrogen-bond donors (Lipinski definition) is 0. The van der Waals surface area contributed by atoms with Gasteiger partial charge in [0.2, 0.25) is 0 Å². The van der Waals surface area contributed by atoms with E-state index in [1.165, 1.54) is 59.2 Å². The van der Waals surface area contributed by atoms with Crippen LogP contribution in [-0.4, -0.2) is 0 Å². The van der Waals surface area contributed by atoms with Gasteiger partial charge in [-0.2, -0.15) is 0 Å². The van der Waals surface area contributed by atoms with Crippen LogP contribution in [-0.2, 0) is 0 Å². The smallest absolute Gasteiger partial charge is 0.0327 e. The fraction of sp³-hybridized carbons (Fsp3) is 0. The highest BCUT2D eigenvalue weighted by atomic mass is 14.2. The summed E-state index contributed by atoms with van der Waals surface area (Å²) in [4.78, 5) is 0. The van der Waals surface area contributed by atoms with Crippen molar-refractivity contribution < 1.29 is 0 Å². The highest BCUT2D eigenvalue weighted by Crippen LogP contribution is 2.42. The Balaban J connectivity index is 1.92. The standard InChI is InChI=1S/C32H18/c1-2-20-19-25-16-15-23-13-11-21-7-3-5-9-26(21)29(23)31(25)32-28(20)18-17-24-14-12-22-8-4-6-10-27(22)30(24)32/h1,3-19H. The second kappa shape index (κ2) is 6.33. The molecule has 0 saturated heterocycles.